The average molecular weight is 327 g/mol. The fourth-order valence-electron chi connectivity index (χ4n) is 1.96. The van der Waals surface area contributed by atoms with Crippen LogP contribution < -0.4 is 0 Å². The first-order valence-corrected chi connectivity index (χ1v) is 7.14. The molecule has 0 amide bonds. The topological polar surface area (TPSA) is 58.9 Å². The summed E-state index contributed by atoms with van der Waals surface area (Å²) in [6, 6.07) is 0.359. The lowest BCUT2D eigenvalue weighted by Crippen LogP contribution is -2.13. The van der Waals surface area contributed by atoms with Crippen LogP contribution in [-0.2, 0) is 9.53 Å². The highest BCUT2D eigenvalue weighted by Crippen LogP contribution is 2.28. The van der Waals surface area contributed by atoms with Gasteiger partial charge in [-0.25, -0.2) is 18.0 Å². The number of esters is 1. The van der Waals surface area contributed by atoms with Crippen LogP contribution >= 0.6 is 0 Å². The van der Waals surface area contributed by atoms with Crippen molar-refractivity contribution >= 4 is 17.9 Å². The van der Waals surface area contributed by atoms with Crippen molar-refractivity contribution in [3.05, 3.63) is 40.2 Å². The van der Waals surface area contributed by atoms with Crippen molar-refractivity contribution in [3.8, 4) is 0 Å². The first kappa shape index (κ1) is 17.1. The van der Waals surface area contributed by atoms with Crippen LogP contribution in [0.5, 0.6) is 0 Å². The highest BCUT2D eigenvalue weighted by molar-refractivity contribution is 6.15. The summed E-state index contributed by atoms with van der Waals surface area (Å²) in [6.07, 6.45) is 2.79. The van der Waals surface area contributed by atoms with Crippen LogP contribution in [0.3, 0.4) is 0 Å². The van der Waals surface area contributed by atoms with Gasteiger partial charge in [0.1, 0.15) is 17.1 Å². The molecular formula is C16H16F3NO3. The van der Waals surface area contributed by atoms with Gasteiger partial charge in [0.2, 0.25) is 0 Å². The molecule has 1 saturated carbocycles. The molecular weight excluding hydrogens is 311 g/mol. The van der Waals surface area contributed by atoms with Crippen LogP contribution in [0.4, 0.5) is 13.2 Å². The van der Waals surface area contributed by atoms with Gasteiger partial charge in [0.25, 0.3) is 0 Å². The van der Waals surface area contributed by atoms with E-state index >= 15 is 0 Å². The SMILES string of the molecule is CCOC(=O)/C(C=NC1CC1)=C(\O)c1c(F)cc(F)c(F)c1C. The Hall–Kier alpha value is -2.31. The van der Waals surface area contributed by atoms with Crippen molar-refractivity contribution in [2.75, 3.05) is 6.61 Å². The van der Waals surface area contributed by atoms with Gasteiger partial charge in [-0.2, -0.15) is 0 Å². The fourth-order valence-corrected chi connectivity index (χ4v) is 1.96. The van der Waals surface area contributed by atoms with Gasteiger partial charge in [-0.15, -0.1) is 0 Å². The number of carbonyl (C=O) groups is 1. The smallest absolute Gasteiger partial charge is 0.343 e. The molecule has 0 unspecified atom stereocenters. The van der Waals surface area contributed by atoms with Gasteiger partial charge in [0.05, 0.1) is 18.2 Å². The van der Waals surface area contributed by atoms with Crippen molar-refractivity contribution in [2.45, 2.75) is 32.7 Å². The minimum absolute atomic E-state index is 0.0339. The van der Waals surface area contributed by atoms with Crippen LogP contribution in [0.15, 0.2) is 16.6 Å². The quantitative estimate of drug-likeness (QED) is 0.296. The van der Waals surface area contributed by atoms with Crippen LogP contribution in [-0.4, -0.2) is 29.9 Å². The van der Waals surface area contributed by atoms with E-state index in [0.29, 0.717) is 6.07 Å². The Labute approximate surface area is 131 Å². The molecule has 0 bridgehead atoms. The third-order valence-electron chi connectivity index (χ3n) is 3.35. The van der Waals surface area contributed by atoms with E-state index in [9.17, 15) is 23.1 Å². The summed E-state index contributed by atoms with van der Waals surface area (Å²) in [4.78, 5) is 16.0. The van der Waals surface area contributed by atoms with Crippen molar-refractivity contribution in [2.24, 2.45) is 4.99 Å². The van der Waals surface area contributed by atoms with Crippen molar-refractivity contribution in [1.82, 2.24) is 0 Å². The molecule has 2 rings (SSSR count). The molecule has 0 aliphatic heterocycles. The molecule has 0 radical (unpaired) electrons. The van der Waals surface area contributed by atoms with E-state index in [1.54, 1.807) is 6.92 Å². The van der Waals surface area contributed by atoms with Gasteiger partial charge < -0.3 is 9.84 Å². The zero-order valence-electron chi connectivity index (χ0n) is 12.7. The van der Waals surface area contributed by atoms with E-state index in [1.165, 1.54) is 0 Å². The normalized spacial score (nSPS) is 15.7. The van der Waals surface area contributed by atoms with E-state index in [0.717, 1.165) is 26.0 Å². The molecule has 1 N–H and O–H groups in total. The third kappa shape index (κ3) is 3.72. The Bertz CT molecular complexity index is 694. The molecule has 1 aromatic rings. The van der Waals surface area contributed by atoms with E-state index < -0.39 is 45.9 Å². The standard InChI is InChI=1S/C16H16F3NO3/c1-3-23-16(22)10(7-20-9-4-5-9)15(21)13-8(2)14(19)12(18)6-11(13)17/h6-7,9,21H,3-5H2,1-2H3/b15-10-,20-7?. The second-order valence-corrected chi connectivity index (χ2v) is 5.15. The largest absolute Gasteiger partial charge is 0.506 e. The lowest BCUT2D eigenvalue weighted by molar-refractivity contribution is -0.137. The molecule has 7 heteroatoms. The van der Waals surface area contributed by atoms with Crippen LogP contribution in [0.2, 0.25) is 0 Å². The molecule has 23 heavy (non-hydrogen) atoms. The Kier molecular flexibility index (Phi) is 5.08. The molecule has 1 aromatic carbocycles. The first-order valence-electron chi connectivity index (χ1n) is 7.14. The van der Waals surface area contributed by atoms with Gasteiger partial charge in [-0.05, 0) is 26.7 Å². The number of aliphatic hydroxyl groups excluding tert-OH is 1. The average Bonchev–Trinajstić information content (AvgIpc) is 3.29. The molecule has 0 aromatic heterocycles. The third-order valence-corrected chi connectivity index (χ3v) is 3.35. The predicted octanol–water partition coefficient (Wildman–Crippen LogP) is 3.48. The van der Waals surface area contributed by atoms with Crippen molar-refractivity contribution < 1.29 is 27.8 Å². The number of carbonyl (C=O) groups excluding carboxylic acids is 1. The van der Waals surface area contributed by atoms with Gasteiger partial charge in [0.15, 0.2) is 11.6 Å². The van der Waals surface area contributed by atoms with Crippen molar-refractivity contribution in [1.29, 1.82) is 0 Å². The summed E-state index contributed by atoms with van der Waals surface area (Å²) in [5.74, 6) is -5.60. The zero-order valence-corrected chi connectivity index (χ0v) is 12.7. The Morgan fingerprint density at radius 3 is 2.61 bits per heavy atom. The lowest BCUT2D eigenvalue weighted by Gasteiger charge is -2.11. The van der Waals surface area contributed by atoms with Crippen LogP contribution in [0.25, 0.3) is 5.76 Å². The maximum atomic E-state index is 14.0. The summed E-state index contributed by atoms with van der Waals surface area (Å²) in [7, 11) is 0. The van der Waals surface area contributed by atoms with E-state index in [1.807, 2.05) is 0 Å². The van der Waals surface area contributed by atoms with Crippen LogP contribution in [0.1, 0.15) is 30.9 Å². The zero-order chi connectivity index (χ0) is 17.1. The Balaban J connectivity index is 2.57. The predicted molar refractivity (Wildman–Crippen MR) is 78.7 cm³/mol. The van der Waals surface area contributed by atoms with Gasteiger partial charge in [0, 0.05) is 17.8 Å². The lowest BCUT2D eigenvalue weighted by atomic mass is 10.0. The number of halogens is 3. The Morgan fingerprint density at radius 1 is 1.39 bits per heavy atom. The number of aliphatic hydroxyl groups is 1. The van der Waals surface area contributed by atoms with E-state index in [-0.39, 0.29) is 12.6 Å². The minimum atomic E-state index is -1.37. The second kappa shape index (κ2) is 6.85. The van der Waals surface area contributed by atoms with Crippen molar-refractivity contribution in [3.63, 3.8) is 0 Å². The molecule has 1 aliphatic carbocycles. The number of hydrogen-bond acceptors (Lipinski definition) is 4. The summed E-state index contributed by atoms with van der Waals surface area (Å²) in [5.41, 5.74) is -1.43. The second-order valence-electron chi connectivity index (χ2n) is 5.15. The summed E-state index contributed by atoms with van der Waals surface area (Å²) in [6.45, 7) is 2.70. The minimum Gasteiger partial charge on any atom is -0.506 e. The first-order chi connectivity index (χ1) is 10.9. The highest BCUT2D eigenvalue weighted by atomic mass is 19.2. The molecule has 124 valence electrons. The summed E-state index contributed by atoms with van der Waals surface area (Å²) >= 11 is 0. The number of aliphatic imine (C=N–C) groups is 1. The molecule has 4 nitrogen and oxygen atoms in total. The molecule has 0 saturated heterocycles. The number of nitrogens with zero attached hydrogens (tertiary/aromatic N) is 1. The maximum Gasteiger partial charge on any atom is 0.343 e. The highest BCUT2D eigenvalue weighted by Gasteiger charge is 2.25. The monoisotopic (exact) mass is 327 g/mol. The van der Waals surface area contributed by atoms with Crippen LogP contribution in [0, 0.1) is 24.4 Å². The molecule has 0 spiro atoms. The number of ether oxygens (including phenoxy) is 1. The molecule has 1 aliphatic rings. The van der Waals surface area contributed by atoms with Gasteiger partial charge in [-0.3, -0.25) is 4.99 Å². The number of hydrogen-bond donors (Lipinski definition) is 1. The molecule has 0 heterocycles. The number of benzene rings is 1. The molecule has 1 fully saturated rings. The van der Waals surface area contributed by atoms with Gasteiger partial charge >= 0.3 is 5.97 Å². The maximum absolute atomic E-state index is 14.0. The van der Waals surface area contributed by atoms with E-state index in [4.69, 9.17) is 4.74 Å². The Morgan fingerprint density at radius 2 is 2.04 bits per heavy atom. The number of rotatable bonds is 5. The summed E-state index contributed by atoms with van der Waals surface area (Å²) < 4.78 is 45.6. The van der Waals surface area contributed by atoms with E-state index in [2.05, 4.69) is 4.99 Å². The summed E-state index contributed by atoms with van der Waals surface area (Å²) in [5, 5.41) is 10.2. The fraction of sp³-hybridized carbons (Fsp3) is 0.375. The van der Waals surface area contributed by atoms with Gasteiger partial charge in [-0.1, -0.05) is 0 Å². The molecule has 0 atom stereocenters.